The number of hydrogen-bond acceptors (Lipinski definition) is 3. The third-order valence-corrected chi connectivity index (χ3v) is 5.97. The number of sulfonamides is 1. The Balaban J connectivity index is 2.91. The molecule has 1 aromatic carbocycles. The first kappa shape index (κ1) is 20.6. The molecular weight excluding hydrogens is 324 g/mol. The van der Waals surface area contributed by atoms with Gasteiger partial charge in [0.25, 0.3) is 0 Å². The maximum atomic E-state index is 12.7. The molecule has 136 valence electrons. The van der Waals surface area contributed by atoms with Crippen LogP contribution in [0.2, 0.25) is 0 Å². The van der Waals surface area contributed by atoms with Gasteiger partial charge >= 0.3 is 0 Å². The molecule has 0 aliphatic heterocycles. The van der Waals surface area contributed by atoms with Crippen molar-refractivity contribution in [3.63, 3.8) is 0 Å². The van der Waals surface area contributed by atoms with E-state index in [9.17, 15) is 13.2 Å². The van der Waals surface area contributed by atoms with Crippen molar-refractivity contribution in [2.75, 3.05) is 18.4 Å². The topological polar surface area (TPSA) is 66.5 Å². The third kappa shape index (κ3) is 5.31. The summed E-state index contributed by atoms with van der Waals surface area (Å²) in [4.78, 5) is 12.4. The Labute approximate surface area is 146 Å². The third-order valence-electron chi connectivity index (χ3n) is 4.06. The van der Waals surface area contributed by atoms with Gasteiger partial charge in [0, 0.05) is 24.7 Å². The highest BCUT2D eigenvalue weighted by Gasteiger charge is 2.23. The van der Waals surface area contributed by atoms with Gasteiger partial charge in [0.2, 0.25) is 15.9 Å². The lowest BCUT2D eigenvalue weighted by atomic mass is 10.0. The minimum Gasteiger partial charge on any atom is -0.326 e. The van der Waals surface area contributed by atoms with Crippen LogP contribution in [0.1, 0.15) is 53.4 Å². The average molecular weight is 355 g/mol. The molecule has 0 heterocycles. The van der Waals surface area contributed by atoms with E-state index in [1.807, 2.05) is 27.7 Å². The van der Waals surface area contributed by atoms with E-state index in [0.29, 0.717) is 18.8 Å². The lowest BCUT2D eigenvalue weighted by Gasteiger charge is -2.21. The lowest BCUT2D eigenvalue weighted by molar-refractivity contribution is -0.120. The molecule has 1 rings (SSSR count). The van der Waals surface area contributed by atoms with Gasteiger partial charge in [-0.25, -0.2) is 8.42 Å². The van der Waals surface area contributed by atoms with Crippen LogP contribution in [0.4, 0.5) is 5.69 Å². The summed E-state index contributed by atoms with van der Waals surface area (Å²) < 4.78 is 26.9. The fraction of sp³-hybridized carbons (Fsp3) is 0.611. The Morgan fingerprint density at radius 3 is 1.92 bits per heavy atom. The highest BCUT2D eigenvalue weighted by Crippen LogP contribution is 2.20. The zero-order chi connectivity index (χ0) is 18.2. The van der Waals surface area contributed by atoms with Crippen LogP contribution in [-0.2, 0) is 14.8 Å². The number of nitrogens with zero attached hydrogens (tertiary/aromatic N) is 1. The molecule has 0 bridgehead atoms. The van der Waals surface area contributed by atoms with Crippen molar-refractivity contribution in [3.8, 4) is 0 Å². The molecule has 1 N–H and O–H groups in total. The number of benzene rings is 1. The smallest absolute Gasteiger partial charge is 0.243 e. The molecule has 0 spiro atoms. The molecule has 24 heavy (non-hydrogen) atoms. The highest BCUT2D eigenvalue weighted by atomic mass is 32.2. The van der Waals surface area contributed by atoms with Crippen LogP contribution in [0.5, 0.6) is 0 Å². The molecule has 1 aromatic rings. The van der Waals surface area contributed by atoms with E-state index in [2.05, 4.69) is 5.32 Å². The Morgan fingerprint density at radius 1 is 1.00 bits per heavy atom. The van der Waals surface area contributed by atoms with Gasteiger partial charge < -0.3 is 5.32 Å². The zero-order valence-electron chi connectivity index (χ0n) is 15.2. The van der Waals surface area contributed by atoms with Crippen LogP contribution in [0.3, 0.4) is 0 Å². The standard InChI is InChI=1S/C18H30N2O3S/c1-5-13-20(14-6-2)24(22,23)17-11-9-16(10-12-17)19-18(21)15(7-3)8-4/h9-12,15H,5-8,13-14H2,1-4H3,(H,19,21). The van der Waals surface area contributed by atoms with Crippen molar-refractivity contribution < 1.29 is 13.2 Å². The maximum Gasteiger partial charge on any atom is 0.243 e. The van der Waals surface area contributed by atoms with Crippen molar-refractivity contribution in [2.24, 2.45) is 5.92 Å². The van der Waals surface area contributed by atoms with E-state index in [0.717, 1.165) is 25.7 Å². The molecule has 0 aliphatic rings. The lowest BCUT2D eigenvalue weighted by Crippen LogP contribution is -2.32. The van der Waals surface area contributed by atoms with Crippen LogP contribution >= 0.6 is 0 Å². The summed E-state index contributed by atoms with van der Waals surface area (Å²) in [5, 5.41) is 2.85. The molecular formula is C18H30N2O3S. The zero-order valence-corrected chi connectivity index (χ0v) is 16.0. The Morgan fingerprint density at radius 2 is 1.50 bits per heavy atom. The monoisotopic (exact) mass is 354 g/mol. The van der Waals surface area contributed by atoms with Gasteiger partial charge in [-0.15, -0.1) is 0 Å². The minimum absolute atomic E-state index is 0.0157. The van der Waals surface area contributed by atoms with Gasteiger partial charge in [0.1, 0.15) is 0 Å². The summed E-state index contributed by atoms with van der Waals surface area (Å²) in [5.41, 5.74) is 0.628. The number of anilines is 1. The number of nitrogens with one attached hydrogen (secondary N) is 1. The second-order valence-electron chi connectivity index (χ2n) is 5.93. The fourth-order valence-corrected chi connectivity index (χ4v) is 4.24. The van der Waals surface area contributed by atoms with Crippen molar-refractivity contribution >= 4 is 21.6 Å². The molecule has 0 saturated carbocycles. The van der Waals surface area contributed by atoms with Gasteiger partial charge in [-0.1, -0.05) is 27.7 Å². The first-order valence-corrected chi connectivity index (χ1v) is 10.3. The van der Waals surface area contributed by atoms with Crippen molar-refractivity contribution in [2.45, 2.75) is 58.3 Å². The Hall–Kier alpha value is -1.40. The molecule has 0 aromatic heterocycles. The Bertz CT molecular complexity index is 602. The van der Waals surface area contributed by atoms with Gasteiger partial charge in [-0.3, -0.25) is 4.79 Å². The number of carbonyl (C=O) groups is 1. The van der Waals surface area contributed by atoms with Gasteiger partial charge in [0.05, 0.1) is 4.90 Å². The molecule has 6 heteroatoms. The summed E-state index contributed by atoms with van der Waals surface area (Å²) in [6, 6.07) is 6.44. The average Bonchev–Trinajstić information content (AvgIpc) is 2.56. The number of rotatable bonds is 10. The predicted octanol–water partition coefficient (Wildman–Crippen LogP) is 3.87. The van der Waals surface area contributed by atoms with Gasteiger partial charge in [0.15, 0.2) is 0 Å². The fourth-order valence-electron chi connectivity index (χ4n) is 2.61. The van der Waals surface area contributed by atoms with E-state index < -0.39 is 10.0 Å². The first-order chi connectivity index (χ1) is 11.4. The number of hydrogen-bond donors (Lipinski definition) is 1. The molecule has 5 nitrogen and oxygen atoms in total. The second kappa shape index (κ2) is 9.79. The number of amides is 1. The van der Waals surface area contributed by atoms with Crippen molar-refractivity contribution in [1.82, 2.24) is 4.31 Å². The highest BCUT2D eigenvalue weighted by molar-refractivity contribution is 7.89. The second-order valence-corrected chi connectivity index (χ2v) is 7.87. The molecule has 0 unspecified atom stereocenters. The van der Waals surface area contributed by atoms with E-state index in [4.69, 9.17) is 0 Å². The minimum atomic E-state index is -3.48. The molecule has 0 radical (unpaired) electrons. The quantitative estimate of drug-likeness (QED) is 0.693. The van der Waals surface area contributed by atoms with E-state index >= 15 is 0 Å². The van der Waals surface area contributed by atoms with Gasteiger partial charge in [-0.2, -0.15) is 4.31 Å². The molecule has 0 fully saturated rings. The van der Waals surface area contributed by atoms with Crippen LogP contribution in [0.25, 0.3) is 0 Å². The van der Waals surface area contributed by atoms with Crippen LogP contribution in [0, 0.1) is 5.92 Å². The summed E-state index contributed by atoms with van der Waals surface area (Å²) >= 11 is 0. The van der Waals surface area contributed by atoms with Crippen LogP contribution < -0.4 is 5.32 Å². The molecule has 1 amide bonds. The summed E-state index contributed by atoms with van der Waals surface area (Å²) in [6.45, 7) is 8.94. The summed E-state index contributed by atoms with van der Waals surface area (Å²) in [5.74, 6) is -0.0350. The normalized spacial score (nSPS) is 11.9. The number of carbonyl (C=O) groups excluding carboxylic acids is 1. The molecule has 0 saturated heterocycles. The van der Waals surface area contributed by atoms with E-state index in [1.165, 1.54) is 4.31 Å². The maximum absolute atomic E-state index is 12.7. The first-order valence-electron chi connectivity index (χ1n) is 8.81. The van der Waals surface area contributed by atoms with Gasteiger partial charge in [-0.05, 0) is 49.9 Å². The summed E-state index contributed by atoms with van der Waals surface area (Å²) in [7, 11) is -3.48. The van der Waals surface area contributed by atoms with Crippen molar-refractivity contribution in [1.29, 1.82) is 0 Å². The molecule has 0 atom stereocenters. The SMILES string of the molecule is CCCN(CCC)S(=O)(=O)c1ccc(NC(=O)C(CC)CC)cc1. The predicted molar refractivity (Wildman–Crippen MR) is 98.5 cm³/mol. The van der Waals surface area contributed by atoms with E-state index in [-0.39, 0.29) is 16.7 Å². The Kier molecular flexibility index (Phi) is 8.42. The molecule has 0 aliphatic carbocycles. The summed E-state index contributed by atoms with van der Waals surface area (Å²) in [6.07, 6.45) is 3.14. The van der Waals surface area contributed by atoms with Crippen LogP contribution in [0.15, 0.2) is 29.2 Å². The van der Waals surface area contributed by atoms with E-state index in [1.54, 1.807) is 24.3 Å². The van der Waals surface area contributed by atoms with Crippen LogP contribution in [-0.4, -0.2) is 31.7 Å². The largest absolute Gasteiger partial charge is 0.326 e. The van der Waals surface area contributed by atoms with Crippen molar-refractivity contribution in [3.05, 3.63) is 24.3 Å².